The molecule has 0 saturated heterocycles. The number of rotatable bonds is 1. The summed E-state index contributed by atoms with van der Waals surface area (Å²) < 4.78 is 0. The summed E-state index contributed by atoms with van der Waals surface area (Å²) in [4.78, 5) is 11.9. The van der Waals surface area contributed by atoms with Gasteiger partial charge in [0.1, 0.15) is 0 Å². The van der Waals surface area contributed by atoms with E-state index in [2.05, 4.69) is 23.7 Å². The van der Waals surface area contributed by atoms with Crippen molar-refractivity contribution in [1.82, 2.24) is 0 Å². The highest BCUT2D eigenvalue weighted by Crippen LogP contribution is 2.16. The molecule has 2 aromatic rings. The monoisotopic (exact) mass is 278 g/mol. The Hall–Kier alpha value is -2.48. The lowest BCUT2D eigenvalue weighted by Gasteiger charge is -2.00. The van der Waals surface area contributed by atoms with Crippen molar-refractivity contribution >= 4 is 17.4 Å². The number of ketones is 1. The van der Waals surface area contributed by atoms with Gasteiger partial charge in [0.25, 0.3) is 0 Å². The summed E-state index contributed by atoms with van der Waals surface area (Å²) in [5.41, 5.74) is 1.95. The minimum absolute atomic E-state index is 0.249. The smallest absolute Gasteiger partial charge is 0.237 e. The molecule has 0 saturated carbocycles. The molecule has 2 aromatic carbocycles. The summed E-state index contributed by atoms with van der Waals surface area (Å²) in [6, 6.07) is 14.6. The molecule has 2 rings (SSSR count). The number of hydrogen-bond acceptors (Lipinski definition) is 1. The highest BCUT2D eigenvalue weighted by Gasteiger charge is 2.08. The molecule has 0 fully saturated rings. The Labute approximate surface area is 123 Å². The van der Waals surface area contributed by atoms with Gasteiger partial charge in [0.05, 0.1) is 0 Å². The molecule has 0 bridgehead atoms. The van der Waals surface area contributed by atoms with Gasteiger partial charge in [-0.1, -0.05) is 47.6 Å². The van der Waals surface area contributed by atoms with Crippen LogP contribution in [0.1, 0.15) is 28.4 Å². The van der Waals surface area contributed by atoms with Crippen molar-refractivity contribution < 1.29 is 4.79 Å². The van der Waals surface area contributed by atoms with Crippen molar-refractivity contribution in [2.24, 2.45) is 0 Å². The Balaban J connectivity index is 2.45. The number of carbonyl (C=O) groups is 1. The Bertz CT molecular complexity index is 753. The zero-order valence-corrected chi connectivity index (χ0v) is 11.7. The molecule has 0 aliphatic carbocycles. The van der Waals surface area contributed by atoms with Crippen LogP contribution in [0.15, 0.2) is 48.5 Å². The average Bonchev–Trinajstić information content (AvgIpc) is 2.46. The molecule has 1 nitrogen and oxygen atoms in total. The van der Waals surface area contributed by atoms with E-state index < -0.39 is 0 Å². The Morgan fingerprint density at radius 1 is 1.05 bits per heavy atom. The lowest BCUT2D eigenvalue weighted by molar-refractivity contribution is 0.105. The SMILES string of the molecule is CC#CC(=O)c1ccc(Cl)cc1C#Cc1ccccc1. The van der Waals surface area contributed by atoms with E-state index in [-0.39, 0.29) is 5.78 Å². The van der Waals surface area contributed by atoms with Crippen molar-refractivity contribution in [2.75, 3.05) is 0 Å². The molecule has 0 spiro atoms. The Kier molecular flexibility index (Phi) is 4.61. The van der Waals surface area contributed by atoms with Crippen LogP contribution in [0, 0.1) is 23.7 Å². The molecule has 96 valence electrons. The van der Waals surface area contributed by atoms with Crippen molar-refractivity contribution in [3.63, 3.8) is 0 Å². The fourth-order valence-electron chi connectivity index (χ4n) is 1.66. The highest BCUT2D eigenvalue weighted by molar-refractivity contribution is 6.31. The molecular weight excluding hydrogens is 268 g/mol. The lowest BCUT2D eigenvalue weighted by Crippen LogP contribution is -1.98. The molecule has 20 heavy (non-hydrogen) atoms. The minimum Gasteiger partial charge on any atom is -0.279 e. The summed E-state index contributed by atoms with van der Waals surface area (Å²) in [7, 11) is 0. The number of benzene rings is 2. The first-order chi connectivity index (χ1) is 9.70. The van der Waals surface area contributed by atoms with Crippen LogP contribution < -0.4 is 0 Å². The second-order valence-electron chi connectivity index (χ2n) is 4.01. The molecule has 0 atom stereocenters. The molecule has 0 heterocycles. The van der Waals surface area contributed by atoms with E-state index in [4.69, 9.17) is 11.6 Å². The highest BCUT2D eigenvalue weighted by atomic mass is 35.5. The van der Waals surface area contributed by atoms with Crippen LogP contribution in [-0.2, 0) is 0 Å². The first-order valence-corrected chi connectivity index (χ1v) is 6.42. The third kappa shape index (κ3) is 3.51. The van der Waals surface area contributed by atoms with Crippen molar-refractivity contribution in [3.8, 4) is 23.7 Å². The molecule has 0 aliphatic heterocycles. The zero-order chi connectivity index (χ0) is 14.4. The molecule has 2 heteroatoms. The maximum atomic E-state index is 11.9. The van der Waals surface area contributed by atoms with Crippen LogP contribution in [0.4, 0.5) is 0 Å². The van der Waals surface area contributed by atoms with Gasteiger partial charge >= 0.3 is 0 Å². The van der Waals surface area contributed by atoms with Crippen LogP contribution in [0.25, 0.3) is 0 Å². The largest absolute Gasteiger partial charge is 0.279 e. The van der Waals surface area contributed by atoms with Gasteiger partial charge in [-0.05, 0) is 43.2 Å². The number of Topliss-reactive ketones (excluding diaryl/α,β-unsaturated/α-hetero) is 1. The summed E-state index contributed by atoms with van der Waals surface area (Å²) >= 11 is 5.97. The summed E-state index contributed by atoms with van der Waals surface area (Å²) in [5, 5.41) is 0.545. The maximum absolute atomic E-state index is 11.9. The Morgan fingerprint density at radius 3 is 2.50 bits per heavy atom. The van der Waals surface area contributed by atoms with Gasteiger partial charge in [-0.3, -0.25) is 4.79 Å². The van der Waals surface area contributed by atoms with Gasteiger partial charge in [0, 0.05) is 21.7 Å². The summed E-state index contributed by atoms with van der Waals surface area (Å²) in [6.45, 7) is 1.63. The van der Waals surface area contributed by atoms with Gasteiger partial charge in [-0.25, -0.2) is 0 Å². The van der Waals surface area contributed by atoms with Crippen LogP contribution in [0.5, 0.6) is 0 Å². The lowest BCUT2D eigenvalue weighted by atomic mass is 10.0. The predicted molar refractivity (Wildman–Crippen MR) is 81.7 cm³/mol. The van der Waals surface area contributed by atoms with E-state index in [9.17, 15) is 4.79 Å². The third-order valence-corrected chi connectivity index (χ3v) is 2.82. The van der Waals surface area contributed by atoms with Gasteiger partial charge in [0.2, 0.25) is 5.78 Å². The van der Waals surface area contributed by atoms with Crippen molar-refractivity contribution in [2.45, 2.75) is 6.92 Å². The van der Waals surface area contributed by atoms with E-state index >= 15 is 0 Å². The van der Waals surface area contributed by atoms with E-state index in [1.54, 1.807) is 25.1 Å². The summed E-state index contributed by atoms with van der Waals surface area (Å²) in [6.07, 6.45) is 0. The van der Waals surface area contributed by atoms with E-state index in [1.165, 1.54) is 0 Å². The second kappa shape index (κ2) is 6.62. The van der Waals surface area contributed by atoms with Crippen molar-refractivity contribution in [1.29, 1.82) is 0 Å². The normalized spacial score (nSPS) is 8.90. The predicted octanol–water partition coefficient (Wildman–Crippen LogP) is 3.95. The second-order valence-corrected chi connectivity index (χ2v) is 4.45. The molecule has 0 unspecified atom stereocenters. The molecule has 0 aromatic heterocycles. The number of carbonyl (C=O) groups excluding carboxylic acids is 1. The number of hydrogen-bond donors (Lipinski definition) is 0. The first-order valence-electron chi connectivity index (χ1n) is 6.04. The molecular formula is C18H11ClO. The average molecular weight is 279 g/mol. The standard InChI is InChI=1S/C18H11ClO/c1-2-6-18(20)17-12-11-16(19)13-15(17)10-9-14-7-4-3-5-8-14/h3-5,7-8,11-13H,1H3. The molecule has 0 amide bonds. The van der Waals surface area contributed by atoms with Crippen LogP contribution >= 0.6 is 11.6 Å². The molecule has 0 aliphatic rings. The maximum Gasteiger partial charge on any atom is 0.237 e. The first kappa shape index (κ1) is 13.9. The van der Waals surface area contributed by atoms with Crippen LogP contribution in [-0.4, -0.2) is 5.78 Å². The topological polar surface area (TPSA) is 17.1 Å². The van der Waals surface area contributed by atoms with Gasteiger partial charge in [0.15, 0.2) is 0 Å². The van der Waals surface area contributed by atoms with E-state index in [0.29, 0.717) is 16.1 Å². The zero-order valence-electron chi connectivity index (χ0n) is 10.9. The number of halogens is 1. The molecule has 0 N–H and O–H groups in total. The summed E-state index contributed by atoms with van der Waals surface area (Å²) in [5.74, 6) is 10.9. The van der Waals surface area contributed by atoms with Gasteiger partial charge in [-0.15, -0.1) is 0 Å². The minimum atomic E-state index is -0.249. The van der Waals surface area contributed by atoms with E-state index in [0.717, 1.165) is 5.56 Å². The van der Waals surface area contributed by atoms with Gasteiger partial charge < -0.3 is 0 Å². The van der Waals surface area contributed by atoms with Crippen LogP contribution in [0.3, 0.4) is 0 Å². The molecule has 0 radical (unpaired) electrons. The fraction of sp³-hybridized carbons (Fsp3) is 0.0556. The van der Waals surface area contributed by atoms with E-state index in [1.807, 2.05) is 30.3 Å². The van der Waals surface area contributed by atoms with Crippen molar-refractivity contribution in [3.05, 3.63) is 70.2 Å². The van der Waals surface area contributed by atoms with Gasteiger partial charge in [-0.2, -0.15) is 0 Å². The Morgan fingerprint density at radius 2 is 1.80 bits per heavy atom. The fourth-order valence-corrected chi connectivity index (χ4v) is 1.83. The quantitative estimate of drug-likeness (QED) is 0.439. The van der Waals surface area contributed by atoms with Crippen LogP contribution in [0.2, 0.25) is 5.02 Å². The third-order valence-electron chi connectivity index (χ3n) is 2.58.